The highest BCUT2D eigenvalue weighted by molar-refractivity contribution is 5.84. The Balaban J connectivity index is 1.57. The van der Waals surface area contributed by atoms with Crippen LogP contribution in [0.4, 0.5) is 0 Å². The Hall–Kier alpha value is -2.04. The van der Waals surface area contributed by atoms with Crippen LogP contribution in [0, 0.1) is 0 Å². The molecule has 1 saturated carbocycles. The van der Waals surface area contributed by atoms with Crippen LogP contribution < -0.4 is 15.4 Å². The first-order valence-corrected chi connectivity index (χ1v) is 8.48. The van der Waals surface area contributed by atoms with Crippen LogP contribution in [0.3, 0.4) is 0 Å². The van der Waals surface area contributed by atoms with Gasteiger partial charge in [-0.25, -0.2) is 0 Å². The molecule has 0 aliphatic heterocycles. The summed E-state index contributed by atoms with van der Waals surface area (Å²) in [6.07, 6.45) is 7.19. The second-order valence-corrected chi connectivity index (χ2v) is 5.94. The van der Waals surface area contributed by atoms with Gasteiger partial charge in [0.25, 0.3) is 0 Å². The number of rotatable bonds is 7. The molecule has 2 N–H and O–H groups in total. The van der Waals surface area contributed by atoms with Crippen LogP contribution in [0.25, 0.3) is 0 Å². The number of carbonyl (C=O) groups excluding carboxylic acids is 2. The van der Waals surface area contributed by atoms with E-state index in [1.54, 1.807) is 0 Å². The van der Waals surface area contributed by atoms with Gasteiger partial charge in [-0.1, -0.05) is 43.9 Å². The second-order valence-electron chi connectivity index (χ2n) is 5.94. The summed E-state index contributed by atoms with van der Waals surface area (Å²) >= 11 is 0. The Morgan fingerprint density at radius 2 is 1.70 bits per heavy atom. The molecule has 0 heterocycles. The molecule has 1 aliphatic carbocycles. The van der Waals surface area contributed by atoms with Crippen molar-refractivity contribution < 1.29 is 14.3 Å². The third-order valence-electron chi connectivity index (χ3n) is 4.01. The molecule has 0 bridgehead atoms. The summed E-state index contributed by atoms with van der Waals surface area (Å²) in [5.41, 5.74) is 0. The second kappa shape index (κ2) is 9.87. The fourth-order valence-corrected chi connectivity index (χ4v) is 2.75. The van der Waals surface area contributed by atoms with Gasteiger partial charge < -0.3 is 15.4 Å². The molecule has 1 aliphatic rings. The van der Waals surface area contributed by atoms with Crippen LogP contribution in [0.2, 0.25) is 0 Å². The first kappa shape index (κ1) is 17.3. The molecule has 0 atom stereocenters. The van der Waals surface area contributed by atoms with E-state index in [0.29, 0.717) is 6.61 Å². The van der Waals surface area contributed by atoms with Gasteiger partial charge in [0.2, 0.25) is 11.8 Å². The number of amides is 2. The Morgan fingerprint density at radius 1 is 1.00 bits per heavy atom. The SMILES string of the molecule is O=C(CCOc1ccccc1)NCC(=O)NC1CCCCCC1. The summed E-state index contributed by atoms with van der Waals surface area (Å²) in [5.74, 6) is 0.470. The lowest BCUT2D eigenvalue weighted by molar-refractivity contribution is -0.126. The molecule has 0 radical (unpaired) electrons. The fraction of sp³-hybridized carbons (Fsp3) is 0.556. The minimum absolute atomic E-state index is 0.0423. The van der Waals surface area contributed by atoms with Crippen LogP contribution in [0.5, 0.6) is 5.75 Å². The Bertz CT molecular complexity index is 482. The highest BCUT2D eigenvalue weighted by Gasteiger charge is 2.15. The van der Waals surface area contributed by atoms with E-state index in [1.165, 1.54) is 25.7 Å². The maximum absolute atomic E-state index is 11.9. The van der Waals surface area contributed by atoms with E-state index in [-0.39, 0.29) is 30.8 Å². The number of hydrogen-bond acceptors (Lipinski definition) is 3. The third kappa shape index (κ3) is 7.17. The number of para-hydroxylation sites is 1. The van der Waals surface area contributed by atoms with Crippen molar-refractivity contribution in [1.29, 1.82) is 0 Å². The summed E-state index contributed by atoms with van der Waals surface area (Å²) in [7, 11) is 0. The molecule has 5 heteroatoms. The average Bonchev–Trinajstić information content (AvgIpc) is 2.83. The molecule has 0 spiro atoms. The number of benzene rings is 1. The van der Waals surface area contributed by atoms with Gasteiger partial charge in [0.1, 0.15) is 5.75 Å². The van der Waals surface area contributed by atoms with E-state index in [4.69, 9.17) is 4.74 Å². The first-order valence-electron chi connectivity index (χ1n) is 8.48. The fourth-order valence-electron chi connectivity index (χ4n) is 2.75. The summed E-state index contributed by atoms with van der Waals surface area (Å²) in [5, 5.41) is 5.65. The zero-order valence-electron chi connectivity index (χ0n) is 13.6. The van der Waals surface area contributed by atoms with Crippen molar-refractivity contribution in [3.63, 3.8) is 0 Å². The van der Waals surface area contributed by atoms with Crippen molar-refractivity contribution >= 4 is 11.8 Å². The van der Waals surface area contributed by atoms with Gasteiger partial charge in [-0.2, -0.15) is 0 Å². The molecule has 0 unspecified atom stereocenters. The molecule has 1 aromatic rings. The molecule has 0 aromatic heterocycles. The van der Waals surface area contributed by atoms with Crippen LogP contribution >= 0.6 is 0 Å². The quantitative estimate of drug-likeness (QED) is 0.759. The minimum Gasteiger partial charge on any atom is -0.493 e. The van der Waals surface area contributed by atoms with Crippen LogP contribution in [0.1, 0.15) is 44.9 Å². The van der Waals surface area contributed by atoms with E-state index >= 15 is 0 Å². The van der Waals surface area contributed by atoms with Crippen molar-refractivity contribution in [3.05, 3.63) is 30.3 Å². The van der Waals surface area contributed by atoms with Crippen molar-refractivity contribution in [2.75, 3.05) is 13.2 Å². The normalized spacial score (nSPS) is 15.5. The smallest absolute Gasteiger partial charge is 0.239 e. The Kier molecular flexibility index (Phi) is 7.43. The zero-order chi connectivity index (χ0) is 16.3. The Labute approximate surface area is 137 Å². The molecular weight excluding hydrogens is 292 g/mol. The predicted octanol–water partition coefficient (Wildman–Crippen LogP) is 2.41. The highest BCUT2D eigenvalue weighted by Crippen LogP contribution is 2.16. The number of nitrogens with one attached hydrogen (secondary N) is 2. The van der Waals surface area contributed by atoms with E-state index in [1.807, 2.05) is 30.3 Å². The molecule has 2 amide bonds. The highest BCUT2D eigenvalue weighted by atomic mass is 16.5. The largest absolute Gasteiger partial charge is 0.493 e. The summed E-state index contributed by atoms with van der Waals surface area (Å²) in [4.78, 5) is 23.6. The van der Waals surface area contributed by atoms with E-state index in [0.717, 1.165) is 18.6 Å². The van der Waals surface area contributed by atoms with Crippen molar-refractivity contribution in [3.8, 4) is 5.75 Å². The van der Waals surface area contributed by atoms with Gasteiger partial charge in [0.15, 0.2) is 0 Å². The zero-order valence-corrected chi connectivity index (χ0v) is 13.6. The molecule has 1 fully saturated rings. The topological polar surface area (TPSA) is 67.4 Å². The summed E-state index contributed by atoms with van der Waals surface area (Å²) in [6, 6.07) is 9.63. The summed E-state index contributed by atoms with van der Waals surface area (Å²) < 4.78 is 5.46. The molecule has 5 nitrogen and oxygen atoms in total. The molecule has 23 heavy (non-hydrogen) atoms. The van der Waals surface area contributed by atoms with Gasteiger partial charge >= 0.3 is 0 Å². The van der Waals surface area contributed by atoms with Crippen molar-refractivity contribution in [2.24, 2.45) is 0 Å². The van der Waals surface area contributed by atoms with Gasteiger partial charge in [0, 0.05) is 6.04 Å². The molecule has 0 saturated heterocycles. The first-order chi connectivity index (χ1) is 11.2. The lowest BCUT2D eigenvalue weighted by Gasteiger charge is -2.16. The predicted molar refractivity (Wildman–Crippen MR) is 89.2 cm³/mol. The van der Waals surface area contributed by atoms with Gasteiger partial charge in [0.05, 0.1) is 19.6 Å². The Morgan fingerprint density at radius 3 is 2.39 bits per heavy atom. The lowest BCUT2D eigenvalue weighted by atomic mass is 10.1. The van der Waals surface area contributed by atoms with Crippen molar-refractivity contribution in [1.82, 2.24) is 10.6 Å². The molecular formula is C18H26N2O3. The standard InChI is InChI=1S/C18H26N2O3/c21-17(12-13-23-16-10-6-3-7-11-16)19-14-18(22)20-15-8-4-1-2-5-9-15/h3,6-7,10-11,15H,1-2,4-5,8-9,12-14H2,(H,19,21)(H,20,22). The summed E-state index contributed by atoms with van der Waals surface area (Å²) in [6.45, 7) is 0.348. The number of carbonyl (C=O) groups is 2. The van der Waals surface area contributed by atoms with Gasteiger partial charge in [-0.05, 0) is 25.0 Å². The number of hydrogen-bond donors (Lipinski definition) is 2. The average molecular weight is 318 g/mol. The number of ether oxygens (including phenoxy) is 1. The third-order valence-corrected chi connectivity index (χ3v) is 4.01. The minimum atomic E-state index is -0.169. The van der Waals surface area contributed by atoms with Gasteiger partial charge in [-0.3, -0.25) is 9.59 Å². The lowest BCUT2D eigenvalue weighted by Crippen LogP contribution is -2.42. The van der Waals surface area contributed by atoms with E-state index < -0.39 is 0 Å². The van der Waals surface area contributed by atoms with Gasteiger partial charge in [-0.15, -0.1) is 0 Å². The van der Waals surface area contributed by atoms with Crippen LogP contribution in [0.15, 0.2) is 30.3 Å². The molecule has 2 rings (SSSR count). The van der Waals surface area contributed by atoms with Crippen molar-refractivity contribution in [2.45, 2.75) is 51.0 Å². The molecule has 1 aromatic carbocycles. The van der Waals surface area contributed by atoms with Crippen LogP contribution in [-0.4, -0.2) is 31.0 Å². The van der Waals surface area contributed by atoms with E-state index in [2.05, 4.69) is 10.6 Å². The maximum Gasteiger partial charge on any atom is 0.239 e. The molecule has 126 valence electrons. The van der Waals surface area contributed by atoms with Crippen LogP contribution in [-0.2, 0) is 9.59 Å². The van der Waals surface area contributed by atoms with E-state index in [9.17, 15) is 9.59 Å². The monoisotopic (exact) mass is 318 g/mol. The maximum atomic E-state index is 11.9.